The van der Waals surface area contributed by atoms with Gasteiger partial charge in [0.25, 0.3) is 0 Å². The second-order valence-corrected chi connectivity index (χ2v) is 14.6. The van der Waals surface area contributed by atoms with Gasteiger partial charge in [-0.25, -0.2) is 4.79 Å². The molecule has 228 valence electrons. The van der Waals surface area contributed by atoms with Crippen LogP contribution in [0.15, 0.2) is 91.1 Å². The summed E-state index contributed by atoms with van der Waals surface area (Å²) < 4.78 is 8.46. The molecule has 0 unspecified atom stereocenters. The van der Waals surface area contributed by atoms with Crippen LogP contribution in [0.25, 0.3) is 0 Å². The average molecular weight is 683 g/mol. The first-order valence-corrected chi connectivity index (χ1v) is 18.1. The molecule has 2 aromatic rings. The summed E-state index contributed by atoms with van der Waals surface area (Å²) in [7, 11) is 0. The van der Waals surface area contributed by atoms with E-state index in [1.165, 1.54) is 50.7 Å². The summed E-state index contributed by atoms with van der Waals surface area (Å²) >= 11 is 0.149. The Morgan fingerprint density at radius 2 is 1.10 bits per heavy atom. The molecule has 2 aromatic carbocycles. The number of rotatable bonds is 12. The first-order chi connectivity index (χ1) is 19.6. The molecule has 0 bridgehead atoms. The number of aliphatic carboxylic acids is 2. The molecule has 0 aliphatic rings. The summed E-state index contributed by atoms with van der Waals surface area (Å²) in [4.78, 5) is 30.5. The monoisotopic (exact) mass is 684 g/mol. The van der Waals surface area contributed by atoms with Crippen LogP contribution in [0, 0.1) is 0 Å². The van der Waals surface area contributed by atoms with Crippen LogP contribution in [0.4, 0.5) is 0 Å². The number of carboxylic acid groups (broad SMARTS) is 2. The van der Waals surface area contributed by atoms with Gasteiger partial charge >= 0.3 is 75.5 Å². The number of benzene rings is 2. The maximum absolute atomic E-state index is 11.5. The van der Waals surface area contributed by atoms with Gasteiger partial charge in [0.05, 0.1) is 11.9 Å². The van der Waals surface area contributed by atoms with Gasteiger partial charge in [-0.05, 0) is 55.2 Å². The standard InChI is InChI=1S/C19H20O2.2C4H6O2.2C4H9.Sn/c1-14(2)18(20)21-17-12-10-16(11-13-17)19(3,4)15-8-6-5-7-9-15;2*1-3(2)4(5)6;2*1-3-4-2;/h5-13H,1H2,2-4H3;2*1H2,2H3,(H,5,6);2*1,3-4H2,2H3;/q;;;;;+2/p-2. The predicted molar refractivity (Wildman–Crippen MR) is 170 cm³/mol. The van der Waals surface area contributed by atoms with E-state index in [1.807, 2.05) is 42.5 Å². The first-order valence-electron chi connectivity index (χ1n) is 14.1. The number of hydrogen-bond donors (Lipinski definition) is 0. The van der Waals surface area contributed by atoms with E-state index in [0.29, 0.717) is 11.3 Å². The summed E-state index contributed by atoms with van der Waals surface area (Å²) in [6.07, 6.45) is 5.84. The molecule has 0 saturated heterocycles. The van der Waals surface area contributed by atoms with Crippen LogP contribution in [0.1, 0.15) is 85.3 Å². The topological polar surface area (TPSA) is 107 Å². The number of carbonyl (C=O) groups excluding carboxylic acids is 3. The normalized spacial score (nSPS) is 9.60. The van der Waals surface area contributed by atoms with Crippen molar-refractivity contribution in [3.8, 4) is 5.75 Å². The molecule has 0 N–H and O–H groups in total. The molecule has 0 saturated carbocycles. The summed E-state index contributed by atoms with van der Waals surface area (Å²) in [5.41, 5.74) is 2.84. The van der Waals surface area contributed by atoms with Gasteiger partial charge in [-0.15, -0.1) is 0 Å². The minimum atomic E-state index is -1.19. The average Bonchev–Trinajstić information content (AvgIpc) is 2.94. The quantitative estimate of drug-likeness (QED) is 0.0862. The van der Waals surface area contributed by atoms with Crippen LogP contribution < -0.4 is 14.9 Å². The number of unbranched alkanes of at least 4 members (excludes halogenated alkanes) is 2. The van der Waals surface area contributed by atoms with Crippen LogP contribution in [0.5, 0.6) is 5.75 Å². The van der Waals surface area contributed by atoms with Crippen molar-refractivity contribution in [2.75, 3.05) is 0 Å². The summed E-state index contributed by atoms with van der Waals surface area (Å²) in [5.74, 6) is -2.23. The second kappa shape index (κ2) is 23.4. The fraction of sp³-hybridized carbons (Fsp3) is 0.400. The van der Waals surface area contributed by atoms with Crippen molar-refractivity contribution in [3.05, 3.63) is 102 Å². The molecule has 42 heavy (non-hydrogen) atoms. The van der Waals surface area contributed by atoms with Gasteiger partial charge in [-0.2, -0.15) is 0 Å². The Morgan fingerprint density at radius 1 is 0.714 bits per heavy atom. The van der Waals surface area contributed by atoms with Crippen molar-refractivity contribution in [2.24, 2.45) is 0 Å². The number of ether oxygens (including phenoxy) is 1. The molecule has 0 fully saturated rings. The molecule has 0 aliphatic carbocycles. The number of carboxylic acids is 2. The molecule has 6 nitrogen and oxygen atoms in total. The maximum atomic E-state index is 11.5. The van der Waals surface area contributed by atoms with E-state index >= 15 is 0 Å². The third-order valence-electron chi connectivity index (χ3n) is 5.74. The summed E-state index contributed by atoms with van der Waals surface area (Å²) in [6, 6.07) is 18.0. The van der Waals surface area contributed by atoms with Crippen LogP contribution >= 0.6 is 0 Å². The van der Waals surface area contributed by atoms with Gasteiger partial charge < -0.3 is 24.5 Å². The Bertz CT molecular complexity index is 1060. The molecule has 7 heteroatoms. The minimum absolute atomic E-state index is 0.0648. The van der Waals surface area contributed by atoms with Gasteiger partial charge in [0.15, 0.2) is 0 Å². The summed E-state index contributed by atoms with van der Waals surface area (Å²) in [6.45, 7) is 23.1. The zero-order chi connectivity index (χ0) is 32.7. The Hall–Kier alpha value is -3.13. The summed E-state index contributed by atoms with van der Waals surface area (Å²) in [5, 5.41) is 19.0. The first kappa shape index (κ1) is 41.0. The van der Waals surface area contributed by atoms with Crippen LogP contribution in [0.2, 0.25) is 8.87 Å². The fourth-order valence-corrected chi connectivity index (χ4v) is 7.04. The van der Waals surface area contributed by atoms with E-state index in [-0.39, 0.29) is 37.7 Å². The molecule has 0 amide bonds. The van der Waals surface area contributed by atoms with Crippen molar-refractivity contribution in [1.82, 2.24) is 0 Å². The van der Waals surface area contributed by atoms with E-state index in [0.717, 1.165) is 0 Å². The molecule has 0 heterocycles. The third kappa shape index (κ3) is 19.9. The van der Waals surface area contributed by atoms with E-state index in [2.05, 4.69) is 59.6 Å². The van der Waals surface area contributed by atoms with Crippen molar-refractivity contribution in [2.45, 2.75) is 88.4 Å². The predicted octanol–water partition coefficient (Wildman–Crippen LogP) is 6.25. The van der Waals surface area contributed by atoms with E-state index in [1.54, 1.807) is 15.8 Å². The van der Waals surface area contributed by atoms with Gasteiger partial charge in [0, 0.05) is 11.0 Å². The zero-order valence-corrected chi connectivity index (χ0v) is 29.4. The van der Waals surface area contributed by atoms with Crippen molar-refractivity contribution < 1.29 is 29.3 Å². The molecule has 2 rings (SSSR count). The van der Waals surface area contributed by atoms with Crippen molar-refractivity contribution in [1.29, 1.82) is 0 Å². The van der Waals surface area contributed by atoms with Gasteiger partial charge in [-0.1, -0.05) is 76.0 Å². The second-order valence-electron chi connectivity index (χ2n) is 10.3. The van der Waals surface area contributed by atoms with Gasteiger partial charge in [0.1, 0.15) is 5.75 Å². The molecule has 0 atom stereocenters. The van der Waals surface area contributed by atoms with E-state index < -0.39 is 17.9 Å². The Morgan fingerprint density at radius 3 is 1.43 bits per heavy atom. The molecule has 0 spiro atoms. The SMILES string of the molecule is C=C(C)C(=O)Oc1ccc(C(C)(C)c2ccccc2)cc1.C=C(C)C(=O)[O-].C=C(C)C(=O)[O-].CCC[CH2][Sn+2][CH2]CCC. The zero-order valence-electron chi connectivity index (χ0n) is 26.5. The molecule has 0 aliphatic heterocycles. The molecule has 0 radical (unpaired) electrons. The van der Waals surface area contributed by atoms with E-state index in [9.17, 15) is 24.6 Å². The molecule has 0 aromatic heterocycles. The van der Waals surface area contributed by atoms with Crippen molar-refractivity contribution in [3.63, 3.8) is 0 Å². The Kier molecular flexibility index (Phi) is 22.9. The van der Waals surface area contributed by atoms with Crippen molar-refractivity contribution >= 4 is 39.1 Å². The number of hydrogen-bond acceptors (Lipinski definition) is 6. The Labute approximate surface area is 263 Å². The molecular formula is C35H48O6Sn. The van der Waals surface area contributed by atoms with Crippen LogP contribution in [0.3, 0.4) is 0 Å². The van der Waals surface area contributed by atoms with Gasteiger partial charge in [0.2, 0.25) is 0 Å². The number of carbonyl (C=O) groups is 3. The van der Waals surface area contributed by atoms with Gasteiger partial charge in [-0.3, -0.25) is 0 Å². The Balaban J connectivity index is 0. The van der Waals surface area contributed by atoms with E-state index in [4.69, 9.17) is 4.74 Å². The van der Waals surface area contributed by atoms with Crippen LogP contribution in [-0.4, -0.2) is 39.1 Å². The third-order valence-corrected chi connectivity index (χ3v) is 9.78. The molecular weight excluding hydrogens is 635 g/mol. The number of esters is 1. The van der Waals surface area contributed by atoms with Crippen LogP contribution in [-0.2, 0) is 19.8 Å². The fourth-order valence-electron chi connectivity index (χ4n) is 2.88.